The van der Waals surface area contributed by atoms with Gasteiger partial charge in [0.05, 0.1) is 0 Å². The van der Waals surface area contributed by atoms with E-state index in [-0.39, 0.29) is 0 Å². The summed E-state index contributed by atoms with van der Waals surface area (Å²) in [6.07, 6.45) is 7.71. The maximum absolute atomic E-state index is 5.60. The molecular weight excluding hydrogens is 390 g/mol. The van der Waals surface area contributed by atoms with E-state index in [1.54, 1.807) is 0 Å². The van der Waals surface area contributed by atoms with Gasteiger partial charge in [-0.1, -0.05) is 18.2 Å². The maximum Gasteiger partial charge on any atom is 0.196 e. The fourth-order valence-corrected chi connectivity index (χ4v) is 5.48. The number of aromatic nitrogens is 1. The Morgan fingerprint density at radius 3 is 2.77 bits per heavy atom. The Morgan fingerprint density at radius 2 is 1.87 bits per heavy atom. The van der Waals surface area contributed by atoms with Crippen LogP contribution in [0.25, 0.3) is 10.9 Å². The highest BCUT2D eigenvalue weighted by atomic mass is 16.9. The lowest BCUT2D eigenvalue weighted by molar-refractivity contribution is 0.0259. The van der Waals surface area contributed by atoms with Gasteiger partial charge in [-0.05, 0) is 72.9 Å². The van der Waals surface area contributed by atoms with Crippen molar-refractivity contribution >= 4 is 10.9 Å². The maximum atomic E-state index is 5.60. The molecular formula is C25H29N3O3. The Morgan fingerprint density at radius 1 is 1.03 bits per heavy atom. The van der Waals surface area contributed by atoms with Crippen LogP contribution in [0, 0.1) is 5.92 Å². The molecule has 6 nitrogen and oxygen atoms in total. The first kappa shape index (κ1) is 19.2. The highest BCUT2D eigenvalue weighted by molar-refractivity contribution is 5.83. The van der Waals surface area contributed by atoms with Gasteiger partial charge in [-0.15, -0.1) is 0 Å². The molecule has 3 aromatic rings. The fourth-order valence-electron chi connectivity index (χ4n) is 5.48. The number of aryl methyl sites for hydroxylation is 1. The van der Waals surface area contributed by atoms with Crippen LogP contribution in [0.3, 0.4) is 0 Å². The third kappa shape index (κ3) is 3.69. The van der Waals surface area contributed by atoms with Gasteiger partial charge in [-0.25, -0.2) is 0 Å². The molecule has 1 fully saturated rings. The van der Waals surface area contributed by atoms with Crippen LogP contribution in [0.2, 0.25) is 0 Å². The summed E-state index contributed by atoms with van der Waals surface area (Å²) >= 11 is 0. The van der Waals surface area contributed by atoms with Gasteiger partial charge in [0, 0.05) is 55.1 Å². The van der Waals surface area contributed by atoms with E-state index in [4.69, 9.17) is 14.4 Å². The summed E-state index contributed by atoms with van der Waals surface area (Å²) in [5.74, 6) is 2.32. The van der Waals surface area contributed by atoms with E-state index in [0.29, 0.717) is 6.04 Å². The molecule has 0 bridgehead atoms. The number of nitrogens with zero attached hydrogens (tertiary/aromatic N) is 1. The standard InChI is InChI=1S/C25H29N3O3/c1-2-4-22-20(3-1)19(15-26-22)5-6-23-21-14-25-24(30-27-31-25)13-18(21)7-10-28(23)16-17-8-11-29-12-9-17/h1-4,13-15,17,23,26-27H,5-12,16H2/t23-/m0/s1. The largest absolute Gasteiger partial charge is 0.381 e. The number of hydrogen-bond donors (Lipinski definition) is 2. The molecule has 0 saturated carbocycles. The Balaban J connectivity index is 1.29. The van der Waals surface area contributed by atoms with Crippen molar-refractivity contribution in [1.82, 2.24) is 15.5 Å². The van der Waals surface area contributed by atoms with Crippen LogP contribution < -0.4 is 15.3 Å². The summed E-state index contributed by atoms with van der Waals surface area (Å²) in [4.78, 5) is 17.0. The quantitative estimate of drug-likeness (QED) is 0.645. The average molecular weight is 420 g/mol. The number of para-hydroxylation sites is 1. The van der Waals surface area contributed by atoms with E-state index in [0.717, 1.165) is 63.0 Å². The van der Waals surface area contributed by atoms with Crippen LogP contribution in [0.5, 0.6) is 11.5 Å². The van der Waals surface area contributed by atoms with Crippen molar-refractivity contribution < 1.29 is 14.4 Å². The van der Waals surface area contributed by atoms with E-state index in [1.165, 1.54) is 40.4 Å². The monoisotopic (exact) mass is 419 g/mol. The molecule has 1 saturated heterocycles. The summed E-state index contributed by atoms with van der Waals surface area (Å²) in [7, 11) is 0. The molecule has 0 unspecified atom stereocenters. The smallest absolute Gasteiger partial charge is 0.196 e. The van der Waals surface area contributed by atoms with E-state index in [1.807, 2.05) is 0 Å². The Bertz CT molecular complexity index is 1070. The molecule has 162 valence electrons. The zero-order chi connectivity index (χ0) is 20.6. The fraction of sp³-hybridized carbons (Fsp3) is 0.440. The minimum Gasteiger partial charge on any atom is -0.381 e. The molecule has 2 N–H and O–H groups in total. The molecule has 31 heavy (non-hydrogen) atoms. The number of rotatable bonds is 5. The molecule has 0 radical (unpaired) electrons. The predicted molar refractivity (Wildman–Crippen MR) is 119 cm³/mol. The number of hydrogen-bond acceptors (Lipinski definition) is 5. The highest BCUT2D eigenvalue weighted by Gasteiger charge is 2.32. The van der Waals surface area contributed by atoms with Gasteiger partial charge in [0.25, 0.3) is 0 Å². The first-order chi connectivity index (χ1) is 15.3. The van der Waals surface area contributed by atoms with Gasteiger partial charge in [0.2, 0.25) is 0 Å². The van der Waals surface area contributed by atoms with Crippen LogP contribution in [0.4, 0.5) is 0 Å². The van der Waals surface area contributed by atoms with Gasteiger partial charge >= 0.3 is 0 Å². The Kier molecular flexibility index (Phi) is 5.06. The number of aromatic amines is 1. The SMILES string of the molecule is c1ccc2c(CC[C@H]3c4cc5c(cc4CCN3CC3CCOCC3)ONO5)c[nH]c2c1. The average Bonchev–Trinajstić information content (AvgIpc) is 3.44. The molecule has 1 atom stereocenters. The van der Waals surface area contributed by atoms with Crippen molar-refractivity contribution in [3.05, 3.63) is 59.3 Å². The van der Waals surface area contributed by atoms with Crippen LogP contribution >= 0.6 is 0 Å². The van der Waals surface area contributed by atoms with Crippen molar-refractivity contribution in [1.29, 1.82) is 0 Å². The Labute approximate surface area is 182 Å². The zero-order valence-electron chi connectivity index (χ0n) is 17.7. The van der Waals surface area contributed by atoms with Crippen LogP contribution in [0.15, 0.2) is 42.6 Å². The zero-order valence-corrected chi connectivity index (χ0v) is 17.7. The molecule has 0 amide bonds. The topological polar surface area (TPSA) is 58.8 Å². The van der Waals surface area contributed by atoms with Crippen molar-refractivity contribution in [3.63, 3.8) is 0 Å². The lowest BCUT2D eigenvalue weighted by Crippen LogP contribution is -2.40. The van der Waals surface area contributed by atoms with E-state index >= 15 is 0 Å². The summed E-state index contributed by atoms with van der Waals surface area (Å²) in [6.45, 7) is 4.04. The number of H-pyrrole nitrogens is 1. The normalized spacial score (nSPS) is 21.5. The molecule has 4 heterocycles. The summed E-state index contributed by atoms with van der Waals surface area (Å²) in [5.41, 5.74) is 7.94. The molecule has 3 aliphatic heterocycles. The van der Waals surface area contributed by atoms with E-state index in [9.17, 15) is 0 Å². The molecule has 6 rings (SSSR count). The van der Waals surface area contributed by atoms with Crippen LogP contribution in [-0.4, -0.2) is 36.2 Å². The highest BCUT2D eigenvalue weighted by Crippen LogP contribution is 2.42. The summed E-state index contributed by atoms with van der Waals surface area (Å²) in [5, 5.41) is 1.34. The van der Waals surface area contributed by atoms with Crippen molar-refractivity contribution in [2.24, 2.45) is 5.92 Å². The lowest BCUT2D eigenvalue weighted by atomic mass is 9.87. The molecule has 0 aliphatic carbocycles. The third-order valence-electron chi connectivity index (χ3n) is 7.17. The van der Waals surface area contributed by atoms with Gasteiger partial charge in [0.1, 0.15) is 0 Å². The first-order valence-electron chi connectivity index (χ1n) is 11.5. The van der Waals surface area contributed by atoms with Crippen molar-refractivity contribution in [2.45, 2.75) is 38.1 Å². The van der Waals surface area contributed by atoms with Gasteiger partial charge in [-0.2, -0.15) is 0 Å². The van der Waals surface area contributed by atoms with Crippen LogP contribution in [0.1, 0.15) is 42.0 Å². The van der Waals surface area contributed by atoms with Crippen molar-refractivity contribution in [3.8, 4) is 11.5 Å². The molecule has 1 aromatic heterocycles. The van der Waals surface area contributed by atoms with E-state index < -0.39 is 0 Å². The Hall–Kier alpha value is -2.54. The second-order valence-electron chi connectivity index (χ2n) is 9.00. The van der Waals surface area contributed by atoms with Gasteiger partial charge in [0.15, 0.2) is 11.5 Å². The predicted octanol–water partition coefficient (Wildman–Crippen LogP) is 4.32. The summed E-state index contributed by atoms with van der Waals surface area (Å²) < 4.78 is 5.60. The molecule has 2 aromatic carbocycles. The molecule has 0 spiro atoms. The minimum atomic E-state index is 0.384. The lowest BCUT2D eigenvalue weighted by Gasteiger charge is -2.40. The van der Waals surface area contributed by atoms with Gasteiger partial charge in [-0.3, -0.25) is 4.90 Å². The molecule has 3 aliphatic rings. The third-order valence-corrected chi connectivity index (χ3v) is 7.17. The molecule has 6 heteroatoms. The second kappa shape index (κ2) is 8.19. The van der Waals surface area contributed by atoms with Crippen LogP contribution in [-0.2, 0) is 17.6 Å². The van der Waals surface area contributed by atoms with E-state index in [2.05, 4.69) is 58.1 Å². The number of nitrogens with one attached hydrogen (secondary N) is 2. The number of ether oxygens (including phenoxy) is 1. The number of fused-ring (bicyclic) bond motifs is 3. The first-order valence-corrected chi connectivity index (χ1v) is 11.5. The number of benzene rings is 2. The van der Waals surface area contributed by atoms with Crippen molar-refractivity contribution in [2.75, 3.05) is 26.3 Å². The summed E-state index contributed by atoms with van der Waals surface area (Å²) in [6, 6.07) is 13.3. The minimum absolute atomic E-state index is 0.384. The second-order valence-corrected chi connectivity index (χ2v) is 9.00. The van der Waals surface area contributed by atoms with Gasteiger partial charge < -0.3 is 19.4 Å².